The first-order chi connectivity index (χ1) is 14.6. The molecule has 1 fully saturated rings. The molecule has 30 heavy (non-hydrogen) atoms. The topological polar surface area (TPSA) is 50.2 Å². The zero-order valence-electron chi connectivity index (χ0n) is 18.1. The maximum absolute atomic E-state index is 12.8. The minimum absolute atomic E-state index is 0.0283. The van der Waals surface area contributed by atoms with Crippen molar-refractivity contribution in [2.45, 2.75) is 46.2 Å². The summed E-state index contributed by atoms with van der Waals surface area (Å²) in [6.45, 7) is 9.08. The van der Waals surface area contributed by atoms with Gasteiger partial charge in [0.1, 0.15) is 0 Å². The van der Waals surface area contributed by atoms with E-state index in [0.717, 1.165) is 61.2 Å². The van der Waals surface area contributed by atoms with Crippen molar-refractivity contribution >= 4 is 16.7 Å². The normalized spacial score (nSPS) is 17.3. The van der Waals surface area contributed by atoms with Gasteiger partial charge in [0.25, 0.3) is 5.91 Å². The van der Waals surface area contributed by atoms with Crippen molar-refractivity contribution in [3.8, 4) is 0 Å². The fourth-order valence-corrected chi connectivity index (χ4v) is 4.52. The molecule has 2 heterocycles. The lowest BCUT2D eigenvalue weighted by Crippen LogP contribution is -2.40. The Bertz CT molecular complexity index is 1000. The molecule has 0 radical (unpaired) electrons. The summed E-state index contributed by atoms with van der Waals surface area (Å²) in [4.78, 5) is 15.4. The predicted molar refractivity (Wildman–Crippen MR) is 122 cm³/mol. The van der Waals surface area contributed by atoms with E-state index in [2.05, 4.69) is 52.2 Å². The van der Waals surface area contributed by atoms with Crippen molar-refractivity contribution in [3.05, 3.63) is 65.5 Å². The molecule has 5 nitrogen and oxygen atoms in total. The zero-order chi connectivity index (χ0) is 20.9. The molecule has 1 aliphatic rings. The molecule has 4 rings (SSSR count). The van der Waals surface area contributed by atoms with Crippen LogP contribution in [0.4, 0.5) is 0 Å². The third-order valence-corrected chi connectivity index (χ3v) is 6.08. The van der Waals surface area contributed by atoms with Crippen LogP contribution in [0.15, 0.2) is 48.7 Å². The van der Waals surface area contributed by atoms with Crippen molar-refractivity contribution < 1.29 is 4.79 Å². The molecule has 1 atom stereocenters. The van der Waals surface area contributed by atoms with Crippen LogP contribution in [0.2, 0.25) is 0 Å². The average molecular weight is 405 g/mol. The lowest BCUT2D eigenvalue weighted by atomic mass is 9.97. The third kappa shape index (κ3) is 4.73. The summed E-state index contributed by atoms with van der Waals surface area (Å²) in [5.74, 6) is 0.518. The van der Waals surface area contributed by atoms with Gasteiger partial charge in [-0.2, -0.15) is 5.10 Å². The Labute approximate surface area is 179 Å². The summed E-state index contributed by atoms with van der Waals surface area (Å²) in [6.07, 6.45) is 5.64. The van der Waals surface area contributed by atoms with Crippen LogP contribution in [-0.2, 0) is 13.1 Å². The van der Waals surface area contributed by atoms with Gasteiger partial charge in [-0.05, 0) is 55.5 Å². The second-order valence-corrected chi connectivity index (χ2v) is 8.48. The number of rotatable bonds is 7. The van der Waals surface area contributed by atoms with Crippen LogP contribution in [0.1, 0.15) is 47.8 Å². The van der Waals surface area contributed by atoms with E-state index in [1.54, 1.807) is 0 Å². The molecular formula is C25H32N4O. The lowest BCUT2D eigenvalue weighted by Gasteiger charge is -2.32. The van der Waals surface area contributed by atoms with Gasteiger partial charge in [0.15, 0.2) is 0 Å². The van der Waals surface area contributed by atoms with Gasteiger partial charge in [-0.3, -0.25) is 14.4 Å². The van der Waals surface area contributed by atoms with Crippen LogP contribution in [0, 0.1) is 12.8 Å². The number of likely N-dealkylation sites (tertiary alicyclic amines) is 1. The van der Waals surface area contributed by atoms with E-state index in [0.29, 0.717) is 5.92 Å². The lowest BCUT2D eigenvalue weighted by molar-refractivity contribution is 0.0932. The summed E-state index contributed by atoms with van der Waals surface area (Å²) in [7, 11) is 0. The van der Waals surface area contributed by atoms with E-state index >= 15 is 0 Å². The zero-order valence-corrected chi connectivity index (χ0v) is 18.1. The largest absolute Gasteiger partial charge is 0.352 e. The van der Waals surface area contributed by atoms with E-state index in [4.69, 9.17) is 0 Å². The Morgan fingerprint density at radius 1 is 1.20 bits per heavy atom. The molecule has 0 saturated carbocycles. The highest BCUT2D eigenvalue weighted by molar-refractivity contribution is 6.06. The fourth-order valence-electron chi connectivity index (χ4n) is 4.52. The van der Waals surface area contributed by atoms with Gasteiger partial charge in [-0.25, -0.2) is 0 Å². The molecule has 0 aliphatic carbocycles. The molecule has 1 N–H and O–H groups in total. The number of hydrogen-bond donors (Lipinski definition) is 1. The first-order valence-corrected chi connectivity index (χ1v) is 11.1. The van der Waals surface area contributed by atoms with Gasteiger partial charge in [-0.15, -0.1) is 0 Å². The summed E-state index contributed by atoms with van der Waals surface area (Å²) >= 11 is 0. The standard InChI is InChI=1S/C25H32N4O/c1-3-13-29-18-22(19(2)27-29)17-28-14-7-8-20(16-28)15-26-25(30)24-12-6-10-21-9-4-5-11-23(21)24/h4-6,9-12,18,20H,3,7-8,13-17H2,1-2H3,(H,26,30)/t20-/m1/s1. The monoisotopic (exact) mass is 404 g/mol. The summed E-state index contributed by atoms with van der Waals surface area (Å²) in [6, 6.07) is 14.0. The highest BCUT2D eigenvalue weighted by atomic mass is 16.1. The molecule has 1 amide bonds. The first-order valence-electron chi connectivity index (χ1n) is 11.1. The number of benzene rings is 2. The molecular weight excluding hydrogens is 372 g/mol. The van der Waals surface area contributed by atoms with Gasteiger partial charge >= 0.3 is 0 Å². The quantitative estimate of drug-likeness (QED) is 0.635. The first kappa shape index (κ1) is 20.6. The van der Waals surface area contributed by atoms with E-state index < -0.39 is 0 Å². The highest BCUT2D eigenvalue weighted by Crippen LogP contribution is 2.21. The van der Waals surface area contributed by atoms with Crippen molar-refractivity contribution in [3.63, 3.8) is 0 Å². The average Bonchev–Trinajstić information content (AvgIpc) is 3.11. The highest BCUT2D eigenvalue weighted by Gasteiger charge is 2.22. The number of aryl methyl sites for hydroxylation is 2. The maximum atomic E-state index is 12.8. The number of aromatic nitrogens is 2. The number of carbonyl (C=O) groups excluding carboxylic acids is 1. The predicted octanol–water partition coefficient (Wildman–Crippen LogP) is 4.40. The van der Waals surface area contributed by atoms with Crippen molar-refractivity contribution in [2.75, 3.05) is 19.6 Å². The molecule has 2 aromatic carbocycles. The third-order valence-electron chi connectivity index (χ3n) is 6.08. The van der Waals surface area contributed by atoms with E-state index in [1.807, 2.05) is 30.3 Å². The summed E-state index contributed by atoms with van der Waals surface area (Å²) < 4.78 is 2.07. The molecule has 0 spiro atoms. The molecule has 0 unspecified atom stereocenters. The number of fused-ring (bicyclic) bond motifs is 1. The number of amides is 1. The van der Waals surface area contributed by atoms with Crippen molar-refractivity contribution in [1.29, 1.82) is 0 Å². The van der Waals surface area contributed by atoms with Crippen LogP contribution < -0.4 is 5.32 Å². The van der Waals surface area contributed by atoms with Crippen molar-refractivity contribution in [1.82, 2.24) is 20.0 Å². The van der Waals surface area contributed by atoms with Gasteiger partial charge in [0.05, 0.1) is 5.69 Å². The van der Waals surface area contributed by atoms with Crippen LogP contribution in [-0.4, -0.2) is 40.2 Å². The molecule has 1 aliphatic heterocycles. The van der Waals surface area contributed by atoms with Gasteiger partial charge in [0, 0.05) is 43.5 Å². The van der Waals surface area contributed by atoms with Crippen LogP contribution in [0.3, 0.4) is 0 Å². The van der Waals surface area contributed by atoms with E-state index in [1.165, 1.54) is 18.4 Å². The minimum Gasteiger partial charge on any atom is -0.352 e. The van der Waals surface area contributed by atoms with Crippen LogP contribution in [0.5, 0.6) is 0 Å². The summed E-state index contributed by atoms with van der Waals surface area (Å²) in [5.41, 5.74) is 3.22. The molecule has 0 bridgehead atoms. The number of carbonyl (C=O) groups is 1. The van der Waals surface area contributed by atoms with Gasteiger partial charge in [-0.1, -0.05) is 43.3 Å². The molecule has 1 saturated heterocycles. The number of piperidine rings is 1. The SMILES string of the molecule is CCCn1cc(CN2CCC[C@H](CNC(=O)c3cccc4ccccc34)C2)c(C)n1. The molecule has 158 valence electrons. The Morgan fingerprint density at radius 2 is 2.03 bits per heavy atom. The Kier molecular flexibility index (Phi) is 6.48. The van der Waals surface area contributed by atoms with E-state index in [9.17, 15) is 4.79 Å². The maximum Gasteiger partial charge on any atom is 0.251 e. The van der Waals surface area contributed by atoms with Gasteiger partial charge in [0.2, 0.25) is 0 Å². The molecule has 3 aromatic rings. The Morgan fingerprint density at radius 3 is 2.90 bits per heavy atom. The number of nitrogens with zero attached hydrogens (tertiary/aromatic N) is 3. The molecule has 1 aromatic heterocycles. The van der Waals surface area contributed by atoms with E-state index in [-0.39, 0.29) is 5.91 Å². The smallest absolute Gasteiger partial charge is 0.251 e. The molecule has 5 heteroatoms. The Hall–Kier alpha value is -2.66. The Balaban J connectivity index is 1.34. The second-order valence-electron chi connectivity index (χ2n) is 8.48. The number of hydrogen-bond acceptors (Lipinski definition) is 3. The van der Waals surface area contributed by atoms with Crippen molar-refractivity contribution in [2.24, 2.45) is 5.92 Å². The minimum atomic E-state index is 0.0283. The van der Waals surface area contributed by atoms with Crippen LogP contribution >= 0.6 is 0 Å². The number of nitrogens with one attached hydrogen (secondary N) is 1. The fraction of sp³-hybridized carbons (Fsp3) is 0.440. The van der Waals surface area contributed by atoms with Crippen LogP contribution in [0.25, 0.3) is 10.8 Å². The second kappa shape index (κ2) is 9.43. The van der Waals surface area contributed by atoms with Gasteiger partial charge < -0.3 is 5.32 Å². The summed E-state index contributed by atoms with van der Waals surface area (Å²) in [5, 5.41) is 9.95.